The summed E-state index contributed by atoms with van der Waals surface area (Å²) < 4.78 is 15.1. The van der Waals surface area contributed by atoms with Gasteiger partial charge in [0.2, 0.25) is 0 Å². The molecule has 1 aliphatic carbocycles. The number of halogens is 2. The topological polar surface area (TPSA) is 78.0 Å². The minimum absolute atomic E-state index is 0.0132. The van der Waals surface area contributed by atoms with Gasteiger partial charge in [0, 0.05) is 16.2 Å². The third-order valence-electron chi connectivity index (χ3n) is 3.75. The van der Waals surface area contributed by atoms with Gasteiger partial charge in [-0.1, -0.05) is 15.9 Å². The van der Waals surface area contributed by atoms with Crippen molar-refractivity contribution in [3.8, 4) is 0 Å². The van der Waals surface area contributed by atoms with Crippen molar-refractivity contribution in [3.63, 3.8) is 0 Å². The molecule has 1 aromatic carbocycles. The van der Waals surface area contributed by atoms with Crippen LogP contribution in [0.5, 0.6) is 0 Å². The Morgan fingerprint density at radius 2 is 2.24 bits per heavy atom. The normalized spacial score (nSPS) is 17.2. The SMILES string of the molecule is O=C(O)N[C@@](c1cc[nH]n1)(c1cc(Br)ccc1F)C1CC1. The maximum atomic E-state index is 14.4. The molecule has 0 radical (unpaired) electrons. The van der Waals surface area contributed by atoms with Gasteiger partial charge in [-0.3, -0.25) is 5.10 Å². The molecule has 1 amide bonds. The molecule has 7 heteroatoms. The summed E-state index contributed by atoms with van der Waals surface area (Å²) in [7, 11) is 0. The summed E-state index contributed by atoms with van der Waals surface area (Å²) in [5.74, 6) is -0.470. The minimum Gasteiger partial charge on any atom is -0.465 e. The van der Waals surface area contributed by atoms with Crippen LogP contribution in [0.4, 0.5) is 9.18 Å². The molecule has 1 fully saturated rings. The Labute approximate surface area is 128 Å². The fraction of sp³-hybridized carbons (Fsp3) is 0.286. The number of aromatic nitrogens is 2. The van der Waals surface area contributed by atoms with Crippen molar-refractivity contribution < 1.29 is 14.3 Å². The van der Waals surface area contributed by atoms with Crippen LogP contribution < -0.4 is 5.32 Å². The van der Waals surface area contributed by atoms with Crippen molar-refractivity contribution in [1.29, 1.82) is 0 Å². The quantitative estimate of drug-likeness (QED) is 0.789. The van der Waals surface area contributed by atoms with Crippen LogP contribution in [-0.4, -0.2) is 21.4 Å². The molecule has 1 aromatic heterocycles. The van der Waals surface area contributed by atoms with Crippen LogP contribution in [0.3, 0.4) is 0 Å². The number of aromatic amines is 1. The van der Waals surface area contributed by atoms with E-state index in [9.17, 15) is 14.3 Å². The second kappa shape index (κ2) is 5.14. The number of benzene rings is 1. The molecule has 0 spiro atoms. The Bertz CT molecular complexity index is 673. The van der Waals surface area contributed by atoms with Crippen molar-refractivity contribution in [2.24, 2.45) is 5.92 Å². The summed E-state index contributed by atoms with van der Waals surface area (Å²) in [5.41, 5.74) is -0.405. The van der Waals surface area contributed by atoms with Gasteiger partial charge in [0.25, 0.3) is 0 Å². The van der Waals surface area contributed by atoms with E-state index < -0.39 is 17.4 Å². The van der Waals surface area contributed by atoms with Crippen LogP contribution in [-0.2, 0) is 5.54 Å². The summed E-state index contributed by atoms with van der Waals surface area (Å²) in [6.07, 6.45) is 2.04. The van der Waals surface area contributed by atoms with Crippen LogP contribution in [0.15, 0.2) is 34.9 Å². The molecular weight excluding hydrogens is 341 g/mol. The monoisotopic (exact) mass is 353 g/mol. The van der Waals surface area contributed by atoms with Gasteiger partial charge in [-0.2, -0.15) is 5.10 Å². The van der Waals surface area contributed by atoms with E-state index in [1.54, 1.807) is 24.4 Å². The van der Waals surface area contributed by atoms with Crippen molar-refractivity contribution in [2.75, 3.05) is 0 Å². The van der Waals surface area contributed by atoms with Crippen LogP contribution >= 0.6 is 15.9 Å². The van der Waals surface area contributed by atoms with Gasteiger partial charge in [-0.15, -0.1) is 0 Å². The van der Waals surface area contributed by atoms with Crippen molar-refractivity contribution in [1.82, 2.24) is 15.5 Å². The van der Waals surface area contributed by atoms with Gasteiger partial charge in [0.05, 0.1) is 5.69 Å². The number of carboxylic acid groups (broad SMARTS) is 1. The highest BCUT2D eigenvalue weighted by Gasteiger charge is 2.51. The second-order valence-corrected chi connectivity index (χ2v) is 6.01. The fourth-order valence-corrected chi connectivity index (χ4v) is 3.13. The molecule has 1 heterocycles. The van der Waals surface area contributed by atoms with Crippen molar-refractivity contribution in [3.05, 3.63) is 52.0 Å². The third kappa shape index (κ3) is 2.42. The van der Waals surface area contributed by atoms with Crippen LogP contribution in [0.25, 0.3) is 0 Å². The van der Waals surface area contributed by atoms with Crippen molar-refractivity contribution in [2.45, 2.75) is 18.4 Å². The first-order valence-electron chi connectivity index (χ1n) is 6.51. The molecule has 1 aliphatic rings. The maximum absolute atomic E-state index is 14.4. The van der Waals surface area contributed by atoms with Gasteiger partial charge in [-0.05, 0) is 43.0 Å². The number of nitrogens with one attached hydrogen (secondary N) is 2. The molecule has 0 bridgehead atoms. The molecule has 2 aromatic rings. The van der Waals surface area contributed by atoms with Gasteiger partial charge in [-0.25, -0.2) is 9.18 Å². The Morgan fingerprint density at radius 1 is 1.48 bits per heavy atom. The first-order chi connectivity index (χ1) is 10.0. The molecule has 0 saturated heterocycles. The number of hydrogen-bond donors (Lipinski definition) is 3. The maximum Gasteiger partial charge on any atom is 0.405 e. The van der Waals surface area contributed by atoms with E-state index >= 15 is 0 Å². The smallest absolute Gasteiger partial charge is 0.405 e. The minimum atomic E-state index is -1.20. The fourth-order valence-electron chi connectivity index (χ4n) is 2.77. The van der Waals surface area contributed by atoms with E-state index in [0.29, 0.717) is 10.2 Å². The molecule has 5 nitrogen and oxygen atoms in total. The molecule has 110 valence electrons. The highest BCUT2D eigenvalue weighted by molar-refractivity contribution is 9.10. The predicted octanol–water partition coefficient (Wildman–Crippen LogP) is 3.23. The largest absolute Gasteiger partial charge is 0.465 e. The zero-order chi connectivity index (χ0) is 15.0. The molecule has 3 N–H and O–H groups in total. The van der Waals surface area contributed by atoms with Crippen LogP contribution in [0, 0.1) is 11.7 Å². The Morgan fingerprint density at radius 3 is 2.81 bits per heavy atom. The zero-order valence-corrected chi connectivity index (χ0v) is 12.5. The number of amides is 1. The van der Waals surface area contributed by atoms with Gasteiger partial charge in [0.15, 0.2) is 0 Å². The average molecular weight is 354 g/mol. The zero-order valence-electron chi connectivity index (χ0n) is 10.9. The lowest BCUT2D eigenvalue weighted by atomic mass is 9.81. The Kier molecular flexibility index (Phi) is 3.44. The summed E-state index contributed by atoms with van der Waals surface area (Å²) >= 11 is 3.32. The van der Waals surface area contributed by atoms with E-state index in [1.165, 1.54) is 6.07 Å². The molecule has 1 saturated carbocycles. The predicted molar refractivity (Wildman–Crippen MR) is 77.4 cm³/mol. The number of hydrogen-bond acceptors (Lipinski definition) is 2. The van der Waals surface area contributed by atoms with E-state index in [-0.39, 0.29) is 11.5 Å². The standard InChI is InChI=1S/C14H13BrFN3O2/c15-9-3-4-11(16)10(7-9)14(8-1-2-8,18-13(20)21)12-5-6-17-19-12/h3-8,18H,1-2H2,(H,17,19)(H,20,21)/t14-/m1/s1. The molecule has 3 rings (SSSR count). The van der Waals surface area contributed by atoms with Crippen LogP contribution in [0.1, 0.15) is 24.1 Å². The molecule has 0 aliphatic heterocycles. The Balaban J connectivity index is 2.24. The number of H-pyrrole nitrogens is 1. The van der Waals surface area contributed by atoms with E-state index in [2.05, 4.69) is 31.4 Å². The lowest BCUT2D eigenvalue weighted by molar-refractivity contribution is 0.177. The average Bonchev–Trinajstić information content (AvgIpc) is 3.14. The summed E-state index contributed by atoms with van der Waals surface area (Å²) in [6.45, 7) is 0. The Hall–Kier alpha value is -1.89. The lowest BCUT2D eigenvalue weighted by Crippen LogP contribution is -2.49. The van der Waals surface area contributed by atoms with Gasteiger partial charge in [0.1, 0.15) is 11.4 Å². The highest BCUT2D eigenvalue weighted by Crippen LogP contribution is 2.50. The first kappa shape index (κ1) is 14.1. The second-order valence-electron chi connectivity index (χ2n) is 5.10. The van der Waals surface area contributed by atoms with E-state index in [1.807, 2.05) is 0 Å². The summed E-state index contributed by atoms with van der Waals surface area (Å²) in [6, 6.07) is 6.20. The number of nitrogens with zero attached hydrogens (tertiary/aromatic N) is 1. The number of rotatable bonds is 4. The third-order valence-corrected chi connectivity index (χ3v) is 4.25. The first-order valence-corrected chi connectivity index (χ1v) is 7.30. The highest BCUT2D eigenvalue weighted by atomic mass is 79.9. The molecule has 21 heavy (non-hydrogen) atoms. The van der Waals surface area contributed by atoms with Gasteiger partial charge >= 0.3 is 6.09 Å². The van der Waals surface area contributed by atoms with Crippen molar-refractivity contribution >= 4 is 22.0 Å². The van der Waals surface area contributed by atoms with E-state index in [4.69, 9.17) is 0 Å². The van der Waals surface area contributed by atoms with Gasteiger partial charge < -0.3 is 10.4 Å². The molecule has 0 unspecified atom stereocenters. The number of carbonyl (C=O) groups is 1. The molecule has 1 atom stereocenters. The summed E-state index contributed by atoms with van der Waals surface area (Å²) in [5, 5.41) is 18.6. The molecular formula is C14H13BrFN3O2. The summed E-state index contributed by atoms with van der Waals surface area (Å²) in [4.78, 5) is 11.3. The lowest BCUT2D eigenvalue weighted by Gasteiger charge is -2.33. The van der Waals surface area contributed by atoms with Crippen LogP contribution in [0.2, 0.25) is 0 Å². The van der Waals surface area contributed by atoms with E-state index in [0.717, 1.165) is 12.8 Å².